The normalized spacial score (nSPS) is 10.1. The van der Waals surface area contributed by atoms with E-state index in [1.807, 2.05) is 5.32 Å². The summed E-state index contributed by atoms with van der Waals surface area (Å²) >= 11 is 0. The molecule has 3 nitrogen and oxygen atoms in total. The minimum absolute atomic E-state index is 0.152. The van der Waals surface area contributed by atoms with Gasteiger partial charge in [-0.1, -0.05) is 12.1 Å². The smallest absolute Gasteiger partial charge is 0.165 e. The Balaban J connectivity index is 2.21. The first-order chi connectivity index (χ1) is 6.84. The van der Waals surface area contributed by atoms with E-state index in [1.165, 1.54) is 6.07 Å². The Morgan fingerprint density at radius 2 is 2.07 bits per heavy atom. The van der Waals surface area contributed by atoms with Gasteiger partial charge >= 0.3 is 0 Å². The van der Waals surface area contributed by atoms with Crippen LogP contribution in [0.1, 0.15) is 0 Å². The van der Waals surface area contributed by atoms with Gasteiger partial charge in [0.05, 0.1) is 13.2 Å². The zero-order chi connectivity index (χ0) is 10.2. The van der Waals surface area contributed by atoms with Gasteiger partial charge in [-0.05, 0) is 12.1 Å². The van der Waals surface area contributed by atoms with Crippen LogP contribution in [0.2, 0.25) is 0 Å². The maximum atomic E-state index is 13.0. The molecule has 0 heterocycles. The molecular weight excluding hydrogens is 185 g/mol. The lowest BCUT2D eigenvalue weighted by atomic mass is 10.3. The number of para-hydroxylation sites is 1. The third kappa shape index (κ3) is 3.72. The zero-order valence-corrected chi connectivity index (χ0v) is 7.95. The lowest BCUT2D eigenvalue weighted by Crippen LogP contribution is -2.86. The number of benzene rings is 1. The highest BCUT2D eigenvalue weighted by atomic mass is 19.1. The lowest BCUT2D eigenvalue weighted by Gasteiger charge is -2.05. The van der Waals surface area contributed by atoms with Crippen molar-refractivity contribution in [3.05, 3.63) is 30.1 Å². The average Bonchev–Trinajstić information content (AvgIpc) is 2.20. The quantitative estimate of drug-likeness (QED) is 0.623. The number of halogens is 1. The van der Waals surface area contributed by atoms with Crippen molar-refractivity contribution in [3.63, 3.8) is 0 Å². The summed E-state index contributed by atoms with van der Waals surface area (Å²) in [6, 6.07) is 6.32. The van der Waals surface area contributed by atoms with E-state index in [4.69, 9.17) is 9.84 Å². The van der Waals surface area contributed by atoms with Crippen LogP contribution in [0.3, 0.4) is 0 Å². The molecular formula is C10H15FNO2+. The van der Waals surface area contributed by atoms with Gasteiger partial charge in [-0.25, -0.2) is 4.39 Å². The highest BCUT2D eigenvalue weighted by Crippen LogP contribution is 2.14. The third-order valence-corrected chi connectivity index (χ3v) is 1.75. The highest BCUT2D eigenvalue weighted by molar-refractivity contribution is 5.23. The first-order valence-electron chi connectivity index (χ1n) is 4.64. The number of rotatable bonds is 6. The van der Waals surface area contributed by atoms with Gasteiger partial charge in [0.1, 0.15) is 13.2 Å². The fourth-order valence-electron chi connectivity index (χ4n) is 1.05. The SMILES string of the molecule is OCC[NH2+]CCOc1ccccc1F. The van der Waals surface area contributed by atoms with Crippen molar-refractivity contribution in [1.82, 2.24) is 0 Å². The van der Waals surface area contributed by atoms with Gasteiger partial charge in [-0.15, -0.1) is 0 Å². The van der Waals surface area contributed by atoms with Gasteiger partial charge in [-0.2, -0.15) is 0 Å². The molecule has 0 aliphatic heterocycles. The van der Waals surface area contributed by atoms with Crippen LogP contribution < -0.4 is 10.1 Å². The standard InChI is InChI=1S/C10H14FNO2/c11-9-3-1-2-4-10(9)14-8-6-12-5-7-13/h1-4,12-13H,5-8H2/p+1. The molecule has 4 heteroatoms. The minimum atomic E-state index is -0.338. The second kappa shape index (κ2) is 6.34. The summed E-state index contributed by atoms with van der Waals surface area (Å²) in [4.78, 5) is 0. The summed E-state index contributed by atoms with van der Waals surface area (Å²) in [5.41, 5.74) is 0. The maximum Gasteiger partial charge on any atom is 0.165 e. The van der Waals surface area contributed by atoms with E-state index in [0.29, 0.717) is 13.2 Å². The molecule has 0 aromatic heterocycles. The summed E-state index contributed by atoms with van der Waals surface area (Å²) in [5.74, 6) is -0.0560. The molecule has 14 heavy (non-hydrogen) atoms. The predicted molar refractivity (Wildman–Crippen MR) is 50.6 cm³/mol. The Bertz CT molecular complexity index is 268. The number of aliphatic hydroxyl groups is 1. The van der Waals surface area contributed by atoms with Gasteiger partial charge < -0.3 is 15.2 Å². The van der Waals surface area contributed by atoms with Crippen LogP contribution in [0.15, 0.2) is 24.3 Å². The van der Waals surface area contributed by atoms with Crippen molar-refractivity contribution in [3.8, 4) is 5.75 Å². The molecule has 0 fully saturated rings. The lowest BCUT2D eigenvalue weighted by molar-refractivity contribution is -0.656. The van der Waals surface area contributed by atoms with E-state index in [2.05, 4.69) is 0 Å². The topological polar surface area (TPSA) is 46.1 Å². The molecule has 0 atom stereocenters. The van der Waals surface area contributed by atoms with E-state index in [0.717, 1.165) is 6.54 Å². The molecule has 1 aromatic rings. The Morgan fingerprint density at radius 3 is 2.79 bits per heavy atom. The molecule has 0 aliphatic rings. The molecule has 0 spiro atoms. The Kier molecular flexibility index (Phi) is 4.96. The predicted octanol–water partition coefficient (Wildman–Crippen LogP) is -0.240. The number of nitrogens with two attached hydrogens (primary N) is 1. The monoisotopic (exact) mass is 200 g/mol. The molecule has 78 valence electrons. The third-order valence-electron chi connectivity index (χ3n) is 1.75. The van der Waals surface area contributed by atoms with Crippen LogP contribution in [0, 0.1) is 5.82 Å². The average molecular weight is 200 g/mol. The molecule has 3 N–H and O–H groups in total. The van der Waals surface area contributed by atoms with Crippen LogP contribution in [0.25, 0.3) is 0 Å². The van der Waals surface area contributed by atoms with Crippen LogP contribution in [0.5, 0.6) is 5.75 Å². The first-order valence-corrected chi connectivity index (χ1v) is 4.64. The van der Waals surface area contributed by atoms with Gasteiger partial charge in [0.25, 0.3) is 0 Å². The van der Waals surface area contributed by atoms with Gasteiger partial charge in [0.15, 0.2) is 11.6 Å². The highest BCUT2D eigenvalue weighted by Gasteiger charge is 2.00. The summed E-state index contributed by atoms with van der Waals surface area (Å²) in [6.45, 7) is 1.97. The van der Waals surface area contributed by atoms with Crippen LogP contribution >= 0.6 is 0 Å². The zero-order valence-electron chi connectivity index (χ0n) is 7.95. The van der Waals surface area contributed by atoms with Crippen molar-refractivity contribution < 1.29 is 19.6 Å². The van der Waals surface area contributed by atoms with E-state index < -0.39 is 0 Å². The second-order valence-electron chi connectivity index (χ2n) is 2.87. The number of ether oxygens (including phenoxy) is 1. The van der Waals surface area contributed by atoms with Gasteiger partial charge in [0.2, 0.25) is 0 Å². The largest absolute Gasteiger partial charge is 0.485 e. The van der Waals surface area contributed by atoms with E-state index in [-0.39, 0.29) is 18.2 Å². The van der Waals surface area contributed by atoms with Crippen LogP contribution in [0.4, 0.5) is 4.39 Å². The molecule has 1 rings (SSSR count). The molecule has 0 radical (unpaired) electrons. The van der Waals surface area contributed by atoms with Crippen molar-refractivity contribution in [2.75, 3.05) is 26.3 Å². The molecule has 0 saturated carbocycles. The molecule has 0 amide bonds. The molecule has 0 unspecified atom stereocenters. The summed E-state index contributed by atoms with van der Waals surface area (Å²) in [7, 11) is 0. The molecule has 0 saturated heterocycles. The second-order valence-corrected chi connectivity index (χ2v) is 2.87. The van der Waals surface area contributed by atoms with Gasteiger partial charge in [0, 0.05) is 0 Å². The Labute approximate surface area is 82.5 Å². The number of hydrogen-bond acceptors (Lipinski definition) is 2. The summed E-state index contributed by atoms with van der Waals surface area (Å²) in [6.07, 6.45) is 0. The maximum absolute atomic E-state index is 13.0. The van der Waals surface area contributed by atoms with E-state index in [1.54, 1.807) is 18.2 Å². The fraction of sp³-hybridized carbons (Fsp3) is 0.400. The molecule has 0 aliphatic carbocycles. The van der Waals surface area contributed by atoms with Crippen LogP contribution in [-0.4, -0.2) is 31.4 Å². The van der Waals surface area contributed by atoms with E-state index in [9.17, 15) is 4.39 Å². The Morgan fingerprint density at radius 1 is 1.29 bits per heavy atom. The van der Waals surface area contributed by atoms with Crippen molar-refractivity contribution in [1.29, 1.82) is 0 Å². The first kappa shape index (κ1) is 10.9. The van der Waals surface area contributed by atoms with Gasteiger partial charge in [-0.3, -0.25) is 0 Å². The number of aliphatic hydroxyl groups excluding tert-OH is 1. The van der Waals surface area contributed by atoms with Crippen molar-refractivity contribution in [2.45, 2.75) is 0 Å². The summed E-state index contributed by atoms with van der Waals surface area (Å²) < 4.78 is 18.2. The molecule has 1 aromatic carbocycles. The fourth-order valence-corrected chi connectivity index (χ4v) is 1.05. The molecule has 0 bridgehead atoms. The summed E-state index contributed by atoms with van der Waals surface area (Å²) in [5, 5.41) is 10.4. The number of quaternary nitrogens is 1. The van der Waals surface area contributed by atoms with Crippen molar-refractivity contribution in [2.24, 2.45) is 0 Å². The number of hydrogen-bond donors (Lipinski definition) is 2. The Hall–Kier alpha value is -1.13. The van der Waals surface area contributed by atoms with Crippen LogP contribution in [-0.2, 0) is 0 Å². The van der Waals surface area contributed by atoms with E-state index >= 15 is 0 Å². The van der Waals surface area contributed by atoms with Crippen molar-refractivity contribution >= 4 is 0 Å². The minimum Gasteiger partial charge on any atom is -0.485 e.